The minimum Gasteiger partial charge on any atom is -0.397 e. The van der Waals surface area contributed by atoms with Gasteiger partial charge in [0, 0.05) is 11.4 Å². The van der Waals surface area contributed by atoms with Crippen molar-refractivity contribution in [2.75, 3.05) is 11.1 Å². The molecule has 6 heteroatoms. The van der Waals surface area contributed by atoms with Gasteiger partial charge in [0.25, 0.3) is 0 Å². The summed E-state index contributed by atoms with van der Waals surface area (Å²) in [5, 5.41) is 5.05. The molecule has 84 valence electrons. The molecule has 3 N–H and O–H groups in total. The highest BCUT2D eigenvalue weighted by Gasteiger charge is 2.05. The fourth-order valence-corrected chi connectivity index (χ4v) is 2.13. The van der Waals surface area contributed by atoms with Gasteiger partial charge in [-0.15, -0.1) is 11.3 Å². The molecule has 1 heterocycles. The van der Waals surface area contributed by atoms with Gasteiger partial charge in [0.05, 0.1) is 33.6 Å². The van der Waals surface area contributed by atoms with E-state index in [1.807, 2.05) is 5.38 Å². The van der Waals surface area contributed by atoms with Crippen LogP contribution in [0.5, 0.6) is 0 Å². The lowest BCUT2D eigenvalue weighted by Gasteiger charge is -2.09. The molecule has 0 saturated heterocycles. The first kappa shape index (κ1) is 11.3. The molecule has 0 saturated carbocycles. The zero-order valence-corrected chi connectivity index (χ0v) is 10.6. The zero-order valence-electron chi connectivity index (χ0n) is 8.21. The second kappa shape index (κ2) is 4.80. The van der Waals surface area contributed by atoms with Crippen molar-refractivity contribution in [2.45, 2.75) is 6.54 Å². The van der Waals surface area contributed by atoms with Gasteiger partial charge < -0.3 is 11.1 Å². The number of nitrogen functional groups attached to an aromatic ring is 1. The number of nitrogens with one attached hydrogen (secondary N) is 1. The smallest absolute Gasteiger partial charge is 0.139 e. The first-order valence-electron chi connectivity index (χ1n) is 4.52. The van der Waals surface area contributed by atoms with E-state index in [2.05, 4.69) is 26.2 Å². The predicted octanol–water partition coefficient (Wildman–Crippen LogP) is 3.24. The van der Waals surface area contributed by atoms with Crippen molar-refractivity contribution in [1.82, 2.24) is 4.98 Å². The van der Waals surface area contributed by atoms with Crippen molar-refractivity contribution in [3.63, 3.8) is 0 Å². The summed E-state index contributed by atoms with van der Waals surface area (Å²) < 4.78 is 13.5. The third-order valence-corrected chi connectivity index (χ3v) is 3.28. The summed E-state index contributed by atoms with van der Waals surface area (Å²) in [7, 11) is 0. The lowest BCUT2D eigenvalue weighted by molar-refractivity contribution is 0.622. The summed E-state index contributed by atoms with van der Waals surface area (Å²) >= 11 is 4.65. The Bertz CT molecular complexity index is 487. The Balaban J connectivity index is 2.12. The molecule has 1 aromatic carbocycles. The lowest BCUT2D eigenvalue weighted by Crippen LogP contribution is -2.03. The summed E-state index contributed by atoms with van der Waals surface area (Å²) in [5.74, 6) is -0.364. The fraction of sp³-hybridized carbons (Fsp3) is 0.100. The standard InChI is InChI=1S/C10H9BrFN3S/c11-7-1-10(9(13)2-8(7)12)14-3-6-4-16-5-15-6/h1-2,4-5,14H,3,13H2. The molecule has 0 aliphatic heterocycles. The molecule has 0 bridgehead atoms. The normalized spacial score (nSPS) is 10.4. The monoisotopic (exact) mass is 301 g/mol. The molecular weight excluding hydrogens is 293 g/mol. The van der Waals surface area contributed by atoms with Crippen LogP contribution in [-0.4, -0.2) is 4.98 Å². The molecule has 0 spiro atoms. The van der Waals surface area contributed by atoms with E-state index in [1.54, 1.807) is 11.6 Å². The van der Waals surface area contributed by atoms with E-state index in [0.717, 1.165) is 5.69 Å². The first-order chi connectivity index (χ1) is 7.66. The molecule has 1 aromatic heterocycles. The third kappa shape index (κ3) is 2.51. The Morgan fingerprint density at radius 3 is 3.00 bits per heavy atom. The maximum Gasteiger partial charge on any atom is 0.139 e. The van der Waals surface area contributed by atoms with Crippen molar-refractivity contribution < 1.29 is 4.39 Å². The summed E-state index contributed by atoms with van der Waals surface area (Å²) in [6, 6.07) is 2.91. The van der Waals surface area contributed by atoms with Gasteiger partial charge in [-0.1, -0.05) is 0 Å². The first-order valence-corrected chi connectivity index (χ1v) is 6.26. The van der Waals surface area contributed by atoms with Crippen LogP contribution in [0.25, 0.3) is 0 Å². The number of halogens is 2. The number of rotatable bonds is 3. The number of thiazole rings is 1. The van der Waals surface area contributed by atoms with E-state index in [1.165, 1.54) is 17.4 Å². The van der Waals surface area contributed by atoms with Crippen LogP contribution in [0, 0.1) is 5.82 Å². The molecule has 0 atom stereocenters. The second-order valence-corrected chi connectivity index (χ2v) is 4.76. The van der Waals surface area contributed by atoms with E-state index in [4.69, 9.17) is 5.73 Å². The van der Waals surface area contributed by atoms with Gasteiger partial charge >= 0.3 is 0 Å². The molecule has 2 rings (SSSR count). The van der Waals surface area contributed by atoms with E-state index < -0.39 is 0 Å². The zero-order chi connectivity index (χ0) is 11.5. The Morgan fingerprint density at radius 2 is 2.31 bits per heavy atom. The number of nitrogens with two attached hydrogens (primary N) is 1. The van der Waals surface area contributed by atoms with Crippen LogP contribution in [0.15, 0.2) is 27.5 Å². The van der Waals surface area contributed by atoms with Gasteiger partial charge in [-0.2, -0.15) is 0 Å². The highest BCUT2D eigenvalue weighted by Crippen LogP contribution is 2.26. The largest absolute Gasteiger partial charge is 0.397 e. The molecular formula is C10H9BrFN3S. The number of anilines is 2. The third-order valence-electron chi connectivity index (χ3n) is 2.04. The molecule has 16 heavy (non-hydrogen) atoms. The Morgan fingerprint density at radius 1 is 1.50 bits per heavy atom. The highest BCUT2D eigenvalue weighted by molar-refractivity contribution is 9.10. The van der Waals surface area contributed by atoms with Crippen molar-refractivity contribution in [3.8, 4) is 0 Å². The van der Waals surface area contributed by atoms with E-state index >= 15 is 0 Å². The summed E-state index contributed by atoms with van der Waals surface area (Å²) in [6.45, 7) is 0.575. The molecule has 0 aliphatic rings. The van der Waals surface area contributed by atoms with Crippen molar-refractivity contribution in [2.24, 2.45) is 0 Å². The van der Waals surface area contributed by atoms with Crippen LogP contribution >= 0.6 is 27.3 Å². The van der Waals surface area contributed by atoms with Crippen LogP contribution in [0.2, 0.25) is 0 Å². The number of benzene rings is 1. The summed E-state index contributed by atoms with van der Waals surface area (Å²) in [6.07, 6.45) is 0. The van der Waals surface area contributed by atoms with E-state index in [9.17, 15) is 4.39 Å². The number of hydrogen-bond acceptors (Lipinski definition) is 4. The molecule has 0 aliphatic carbocycles. The highest BCUT2D eigenvalue weighted by atomic mass is 79.9. The number of aromatic nitrogens is 1. The Labute approximate surface area is 105 Å². The Kier molecular flexibility index (Phi) is 3.40. The maximum absolute atomic E-state index is 13.1. The predicted molar refractivity (Wildman–Crippen MR) is 68.0 cm³/mol. The van der Waals surface area contributed by atoms with Crippen molar-refractivity contribution >= 4 is 38.6 Å². The maximum atomic E-state index is 13.1. The van der Waals surface area contributed by atoms with E-state index in [-0.39, 0.29) is 5.82 Å². The fourth-order valence-electron chi connectivity index (χ4n) is 1.23. The van der Waals surface area contributed by atoms with Crippen LogP contribution in [0.1, 0.15) is 5.69 Å². The van der Waals surface area contributed by atoms with Crippen LogP contribution in [-0.2, 0) is 6.54 Å². The average molecular weight is 302 g/mol. The summed E-state index contributed by atoms with van der Waals surface area (Å²) in [4.78, 5) is 4.13. The quantitative estimate of drug-likeness (QED) is 0.856. The minimum atomic E-state index is -0.364. The lowest BCUT2D eigenvalue weighted by atomic mass is 10.2. The second-order valence-electron chi connectivity index (χ2n) is 3.19. The van der Waals surface area contributed by atoms with Gasteiger partial charge in [0.15, 0.2) is 0 Å². The minimum absolute atomic E-state index is 0.364. The van der Waals surface area contributed by atoms with Crippen molar-refractivity contribution in [3.05, 3.63) is 39.0 Å². The molecule has 0 unspecified atom stereocenters. The number of hydrogen-bond donors (Lipinski definition) is 2. The van der Waals surface area contributed by atoms with Gasteiger partial charge in [0.1, 0.15) is 5.82 Å². The number of nitrogens with zero attached hydrogens (tertiary/aromatic N) is 1. The summed E-state index contributed by atoms with van der Waals surface area (Å²) in [5.41, 5.74) is 9.47. The SMILES string of the molecule is Nc1cc(F)c(Br)cc1NCc1cscn1. The van der Waals surface area contributed by atoms with Crippen LogP contribution < -0.4 is 11.1 Å². The molecule has 0 amide bonds. The molecule has 0 fully saturated rings. The topological polar surface area (TPSA) is 50.9 Å². The van der Waals surface area contributed by atoms with Crippen LogP contribution in [0.4, 0.5) is 15.8 Å². The van der Waals surface area contributed by atoms with Crippen molar-refractivity contribution in [1.29, 1.82) is 0 Å². The van der Waals surface area contributed by atoms with Gasteiger partial charge in [-0.05, 0) is 22.0 Å². The van der Waals surface area contributed by atoms with Gasteiger partial charge in [-0.3, -0.25) is 0 Å². The van der Waals surface area contributed by atoms with Gasteiger partial charge in [0.2, 0.25) is 0 Å². The van der Waals surface area contributed by atoms with Gasteiger partial charge in [-0.25, -0.2) is 9.37 Å². The van der Waals surface area contributed by atoms with Crippen LogP contribution in [0.3, 0.4) is 0 Å². The molecule has 3 nitrogen and oxygen atoms in total. The van der Waals surface area contributed by atoms with E-state index in [0.29, 0.717) is 22.4 Å². The molecule has 0 radical (unpaired) electrons. The average Bonchev–Trinajstić information content (AvgIpc) is 2.74. The molecule has 2 aromatic rings. The Hall–Kier alpha value is -1.14.